The van der Waals surface area contributed by atoms with Crippen molar-refractivity contribution in [2.75, 3.05) is 6.61 Å². The molecule has 0 fully saturated rings. The minimum absolute atomic E-state index is 0.219. The fourth-order valence-electron chi connectivity index (χ4n) is 1.83. The van der Waals surface area contributed by atoms with E-state index >= 15 is 0 Å². The number of nitriles is 1. The Bertz CT molecular complexity index is 766. The van der Waals surface area contributed by atoms with Crippen LogP contribution in [0.4, 0.5) is 0 Å². The number of hydrogen-bond donors (Lipinski definition) is 2. The van der Waals surface area contributed by atoms with Crippen molar-refractivity contribution >= 4 is 11.8 Å². The monoisotopic (exact) mass is 309 g/mol. The maximum Gasteiger partial charge on any atom is 0.276 e. The zero-order chi connectivity index (χ0) is 16.7. The molecule has 0 aromatic heterocycles. The van der Waals surface area contributed by atoms with Crippen LogP contribution in [0.1, 0.15) is 21.5 Å². The molecule has 0 saturated heterocycles. The summed E-state index contributed by atoms with van der Waals surface area (Å²) in [5, 5.41) is 8.79. The van der Waals surface area contributed by atoms with E-state index in [1.807, 2.05) is 31.2 Å². The molecular weight excluding hydrogens is 294 g/mol. The highest BCUT2D eigenvalue weighted by Crippen LogP contribution is 2.15. The van der Waals surface area contributed by atoms with Gasteiger partial charge in [0.1, 0.15) is 5.75 Å². The molecule has 0 aliphatic heterocycles. The van der Waals surface area contributed by atoms with Crippen LogP contribution in [0.25, 0.3) is 0 Å². The smallest absolute Gasteiger partial charge is 0.276 e. The van der Waals surface area contributed by atoms with Gasteiger partial charge in [0.2, 0.25) is 0 Å². The molecule has 2 aromatic rings. The van der Waals surface area contributed by atoms with Crippen molar-refractivity contribution in [2.45, 2.75) is 6.92 Å². The largest absolute Gasteiger partial charge is 0.483 e. The Kier molecular flexibility index (Phi) is 5.31. The Hall–Kier alpha value is -3.33. The van der Waals surface area contributed by atoms with E-state index in [9.17, 15) is 9.59 Å². The van der Waals surface area contributed by atoms with Crippen LogP contribution in [0, 0.1) is 18.3 Å². The lowest BCUT2D eigenvalue weighted by Gasteiger charge is -2.10. The number of nitrogens with zero attached hydrogens (tertiary/aromatic N) is 1. The van der Waals surface area contributed by atoms with Gasteiger partial charge >= 0.3 is 0 Å². The molecule has 0 heterocycles. The summed E-state index contributed by atoms with van der Waals surface area (Å²) in [4.78, 5) is 23.6. The molecule has 116 valence electrons. The normalized spacial score (nSPS) is 9.57. The number of aryl methyl sites for hydroxylation is 1. The molecule has 0 radical (unpaired) electrons. The van der Waals surface area contributed by atoms with Crippen molar-refractivity contribution in [3.63, 3.8) is 0 Å². The number of para-hydroxylation sites is 1. The highest BCUT2D eigenvalue weighted by Gasteiger charge is 2.09. The van der Waals surface area contributed by atoms with E-state index in [0.29, 0.717) is 11.3 Å². The first-order valence-electron chi connectivity index (χ1n) is 6.88. The SMILES string of the molecule is Cc1ccccc1OCC(=O)NNC(=O)c1cccc(C#N)c1. The predicted octanol–water partition coefficient (Wildman–Crippen LogP) is 1.71. The number of hydrazine groups is 1. The summed E-state index contributed by atoms with van der Waals surface area (Å²) in [5.74, 6) is -0.389. The molecule has 0 saturated carbocycles. The van der Waals surface area contributed by atoms with Gasteiger partial charge in [0.15, 0.2) is 6.61 Å². The lowest BCUT2D eigenvalue weighted by atomic mass is 10.1. The Morgan fingerprint density at radius 3 is 2.65 bits per heavy atom. The molecule has 0 aliphatic rings. The first-order chi connectivity index (χ1) is 11.1. The predicted molar refractivity (Wildman–Crippen MR) is 83.4 cm³/mol. The van der Waals surface area contributed by atoms with E-state index in [1.165, 1.54) is 6.07 Å². The van der Waals surface area contributed by atoms with Gasteiger partial charge in [0, 0.05) is 5.56 Å². The van der Waals surface area contributed by atoms with Crippen LogP contribution in [0.15, 0.2) is 48.5 Å². The lowest BCUT2D eigenvalue weighted by molar-refractivity contribution is -0.123. The summed E-state index contributed by atoms with van der Waals surface area (Å²) in [6, 6.07) is 15.4. The number of carbonyl (C=O) groups is 2. The zero-order valence-corrected chi connectivity index (χ0v) is 12.5. The van der Waals surface area contributed by atoms with Crippen LogP contribution in [-0.4, -0.2) is 18.4 Å². The van der Waals surface area contributed by atoms with E-state index < -0.39 is 11.8 Å². The van der Waals surface area contributed by atoms with E-state index in [0.717, 1.165) is 5.56 Å². The fourth-order valence-corrected chi connectivity index (χ4v) is 1.83. The van der Waals surface area contributed by atoms with Gasteiger partial charge in [-0.25, -0.2) is 0 Å². The molecular formula is C17H15N3O3. The van der Waals surface area contributed by atoms with Crippen LogP contribution in [-0.2, 0) is 4.79 Å². The van der Waals surface area contributed by atoms with Crippen LogP contribution in [0.3, 0.4) is 0 Å². The molecule has 23 heavy (non-hydrogen) atoms. The fraction of sp³-hybridized carbons (Fsp3) is 0.118. The van der Waals surface area contributed by atoms with Crippen molar-refractivity contribution in [1.82, 2.24) is 10.9 Å². The van der Waals surface area contributed by atoms with Gasteiger partial charge in [-0.1, -0.05) is 24.3 Å². The van der Waals surface area contributed by atoms with Crippen LogP contribution >= 0.6 is 0 Å². The van der Waals surface area contributed by atoms with Crippen molar-refractivity contribution in [1.29, 1.82) is 5.26 Å². The summed E-state index contributed by atoms with van der Waals surface area (Å²) >= 11 is 0. The van der Waals surface area contributed by atoms with Crippen LogP contribution in [0.2, 0.25) is 0 Å². The van der Waals surface area contributed by atoms with Gasteiger partial charge in [-0.05, 0) is 36.8 Å². The minimum Gasteiger partial charge on any atom is -0.483 e. The molecule has 2 amide bonds. The van der Waals surface area contributed by atoms with E-state index in [2.05, 4.69) is 10.9 Å². The standard InChI is InChI=1S/C17H15N3O3/c1-12-5-2-3-8-15(12)23-11-16(21)19-20-17(22)14-7-4-6-13(9-14)10-18/h2-9H,11H2,1H3,(H,19,21)(H,20,22). The molecule has 0 bridgehead atoms. The maximum absolute atomic E-state index is 11.9. The van der Waals surface area contributed by atoms with Crippen LogP contribution in [0.5, 0.6) is 5.75 Å². The number of carbonyl (C=O) groups excluding carboxylic acids is 2. The average molecular weight is 309 g/mol. The van der Waals surface area contributed by atoms with Gasteiger partial charge in [0.25, 0.3) is 11.8 Å². The number of hydrogen-bond acceptors (Lipinski definition) is 4. The number of amides is 2. The number of nitrogens with one attached hydrogen (secondary N) is 2. The number of rotatable bonds is 4. The number of benzene rings is 2. The minimum atomic E-state index is -0.508. The van der Waals surface area contributed by atoms with E-state index in [4.69, 9.17) is 10.00 Å². The van der Waals surface area contributed by atoms with Gasteiger partial charge in [-0.15, -0.1) is 0 Å². The number of ether oxygens (including phenoxy) is 1. The quantitative estimate of drug-likeness (QED) is 0.841. The third-order valence-corrected chi connectivity index (χ3v) is 3.02. The Balaban J connectivity index is 1.83. The second-order valence-electron chi connectivity index (χ2n) is 4.75. The Labute approximate surface area is 133 Å². The highest BCUT2D eigenvalue weighted by molar-refractivity contribution is 5.95. The molecule has 2 rings (SSSR count). The summed E-state index contributed by atoms with van der Waals surface area (Å²) in [5.41, 5.74) is 6.10. The Morgan fingerprint density at radius 2 is 1.91 bits per heavy atom. The zero-order valence-electron chi connectivity index (χ0n) is 12.5. The summed E-state index contributed by atoms with van der Waals surface area (Å²) < 4.78 is 5.37. The van der Waals surface area contributed by atoms with Crippen molar-refractivity contribution < 1.29 is 14.3 Å². The molecule has 2 aromatic carbocycles. The second kappa shape index (κ2) is 7.61. The maximum atomic E-state index is 11.9. The molecule has 0 atom stereocenters. The molecule has 0 unspecified atom stereocenters. The van der Waals surface area contributed by atoms with Crippen molar-refractivity contribution in [3.05, 3.63) is 65.2 Å². The summed E-state index contributed by atoms with van der Waals surface area (Å²) in [6.45, 7) is 1.65. The topological polar surface area (TPSA) is 91.2 Å². The highest BCUT2D eigenvalue weighted by atomic mass is 16.5. The molecule has 6 nitrogen and oxygen atoms in total. The third-order valence-electron chi connectivity index (χ3n) is 3.02. The van der Waals surface area contributed by atoms with E-state index in [1.54, 1.807) is 24.3 Å². The van der Waals surface area contributed by atoms with Gasteiger partial charge in [-0.2, -0.15) is 5.26 Å². The second-order valence-corrected chi connectivity index (χ2v) is 4.75. The van der Waals surface area contributed by atoms with Gasteiger partial charge in [0.05, 0.1) is 11.6 Å². The van der Waals surface area contributed by atoms with Crippen molar-refractivity contribution in [2.24, 2.45) is 0 Å². The van der Waals surface area contributed by atoms with Gasteiger partial charge in [-0.3, -0.25) is 20.4 Å². The lowest BCUT2D eigenvalue weighted by Crippen LogP contribution is -2.43. The van der Waals surface area contributed by atoms with Crippen molar-refractivity contribution in [3.8, 4) is 11.8 Å². The first-order valence-corrected chi connectivity index (χ1v) is 6.88. The summed E-state index contributed by atoms with van der Waals surface area (Å²) in [6.07, 6.45) is 0. The van der Waals surface area contributed by atoms with Gasteiger partial charge < -0.3 is 4.74 Å². The Morgan fingerprint density at radius 1 is 1.13 bits per heavy atom. The van der Waals surface area contributed by atoms with Crippen LogP contribution < -0.4 is 15.6 Å². The molecule has 2 N–H and O–H groups in total. The van der Waals surface area contributed by atoms with E-state index in [-0.39, 0.29) is 12.2 Å². The third kappa shape index (κ3) is 4.58. The molecule has 0 spiro atoms. The molecule has 6 heteroatoms. The molecule has 0 aliphatic carbocycles. The first kappa shape index (κ1) is 16.0. The summed E-state index contributed by atoms with van der Waals surface area (Å²) in [7, 11) is 0. The average Bonchev–Trinajstić information content (AvgIpc) is 2.59.